The molecule has 3 aromatic rings. The molecule has 1 N–H and O–H groups in total. The maximum atomic E-state index is 6.46. The molecule has 2 heterocycles. The number of allylic oxidation sites excluding steroid dienone is 2. The van der Waals surface area contributed by atoms with E-state index >= 15 is 0 Å². The summed E-state index contributed by atoms with van der Waals surface area (Å²) in [5, 5.41) is 13.2. The van der Waals surface area contributed by atoms with E-state index in [2.05, 4.69) is 65.8 Å². The molecule has 0 unspecified atom stereocenters. The lowest BCUT2D eigenvalue weighted by Crippen LogP contribution is -2.35. The van der Waals surface area contributed by atoms with Crippen molar-refractivity contribution >= 4 is 17.4 Å². The van der Waals surface area contributed by atoms with Crippen molar-refractivity contribution < 1.29 is 4.74 Å². The summed E-state index contributed by atoms with van der Waals surface area (Å²) in [5.74, 6) is 1.75. The van der Waals surface area contributed by atoms with E-state index in [1.807, 2.05) is 18.2 Å². The van der Waals surface area contributed by atoms with Crippen molar-refractivity contribution in [2.45, 2.75) is 50.2 Å². The van der Waals surface area contributed by atoms with E-state index in [1.165, 1.54) is 16.7 Å². The van der Waals surface area contributed by atoms with Crippen molar-refractivity contribution in [3.8, 4) is 17.1 Å². The zero-order valence-electron chi connectivity index (χ0n) is 17.8. The second-order valence-corrected chi connectivity index (χ2v) is 9.28. The van der Waals surface area contributed by atoms with Gasteiger partial charge < -0.3 is 10.1 Å². The SMILES string of the molecule is CC1=CC[C@@H]([C@@H]2Nc3ccccc3-c3nnc(SCc4ccc(C)cc4)nc3O2)CC1. The third kappa shape index (κ3) is 4.44. The second-order valence-electron chi connectivity index (χ2n) is 8.34. The number of hydrogen-bond acceptors (Lipinski definition) is 6. The fourth-order valence-corrected chi connectivity index (χ4v) is 4.77. The number of anilines is 1. The maximum Gasteiger partial charge on any atom is 0.247 e. The van der Waals surface area contributed by atoms with Crippen LogP contribution in [0.25, 0.3) is 11.3 Å². The molecular weight excluding hydrogens is 404 g/mol. The van der Waals surface area contributed by atoms with Crippen LogP contribution >= 0.6 is 11.8 Å². The molecule has 0 saturated heterocycles. The molecule has 1 aromatic heterocycles. The summed E-state index contributed by atoms with van der Waals surface area (Å²) in [4.78, 5) is 4.78. The van der Waals surface area contributed by atoms with Crippen molar-refractivity contribution in [2.75, 3.05) is 5.32 Å². The zero-order valence-corrected chi connectivity index (χ0v) is 18.7. The van der Waals surface area contributed by atoms with Gasteiger partial charge >= 0.3 is 0 Å². The highest BCUT2D eigenvalue weighted by atomic mass is 32.2. The van der Waals surface area contributed by atoms with E-state index in [1.54, 1.807) is 11.8 Å². The van der Waals surface area contributed by atoms with Crippen molar-refractivity contribution in [3.05, 3.63) is 71.3 Å². The number of para-hydroxylation sites is 1. The van der Waals surface area contributed by atoms with Crippen LogP contribution in [-0.4, -0.2) is 21.4 Å². The van der Waals surface area contributed by atoms with Gasteiger partial charge in [-0.1, -0.05) is 71.4 Å². The van der Waals surface area contributed by atoms with Gasteiger partial charge in [-0.25, -0.2) is 0 Å². The van der Waals surface area contributed by atoms with Crippen LogP contribution in [0.4, 0.5) is 5.69 Å². The van der Waals surface area contributed by atoms with Crippen molar-refractivity contribution in [2.24, 2.45) is 5.92 Å². The topological polar surface area (TPSA) is 59.9 Å². The van der Waals surface area contributed by atoms with E-state index in [0.717, 1.165) is 36.3 Å². The van der Waals surface area contributed by atoms with Crippen molar-refractivity contribution in [1.82, 2.24) is 15.2 Å². The average Bonchev–Trinajstić information content (AvgIpc) is 2.96. The highest BCUT2D eigenvalue weighted by Gasteiger charge is 2.31. The first-order valence-electron chi connectivity index (χ1n) is 10.8. The van der Waals surface area contributed by atoms with Gasteiger partial charge in [0.05, 0.1) is 0 Å². The van der Waals surface area contributed by atoms with E-state index in [4.69, 9.17) is 9.72 Å². The molecule has 5 nitrogen and oxygen atoms in total. The van der Waals surface area contributed by atoms with Crippen LogP contribution in [0.5, 0.6) is 5.88 Å². The number of thioether (sulfide) groups is 1. The fraction of sp³-hybridized carbons (Fsp3) is 0.320. The molecule has 0 fully saturated rings. The van der Waals surface area contributed by atoms with E-state index in [9.17, 15) is 0 Å². The van der Waals surface area contributed by atoms with Gasteiger partial charge in [-0.3, -0.25) is 0 Å². The number of rotatable bonds is 4. The number of aryl methyl sites for hydroxylation is 1. The number of aromatic nitrogens is 3. The monoisotopic (exact) mass is 430 g/mol. The largest absolute Gasteiger partial charge is 0.452 e. The normalized spacial score (nSPS) is 19.9. The number of fused-ring (bicyclic) bond motifs is 3. The standard InChI is InChI=1S/C25H26N4OS/c1-16-7-11-18(12-8-16)15-31-25-27-24-22(28-29-25)20-5-3-4-6-21(20)26-23(30-24)19-13-9-17(2)10-14-19/h3-9,11-12,19,23,26H,10,13-15H2,1-2H3/t19-,23-/m1/s1. The molecule has 158 valence electrons. The predicted molar refractivity (Wildman–Crippen MR) is 125 cm³/mol. The molecule has 0 spiro atoms. The molecule has 0 amide bonds. The molecule has 5 rings (SSSR count). The minimum absolute atomic E-state index is 0.140. The molecule has 2 aliphatic rings. The lowest BCUT2D eigenvalue weighted by molar-refractivity contribution is 0.145. The van der Waals surface area contributed by atoms with Crippen LogP contribution in [0.2, 0.25) is 0 Å². The zero-order chi connectivity index (χ0) is 21.2. The third-order valence-electron chi connectivity index (χ3n) is 5.95. The Labute approximate surface area is 187 Å². The fourth-order valence-electron chi connectivity index (χ4n) is 4.04. The molecule has 31 heavy (non-hydrogen) atoms. The van der Waals surface area contributed by atoms with E-state index < -0.39 is 0 Å². The van der Waals surface area contributed by atoms with E-state index in [0.29, 0.717) is 22.6 Å². The van der Waals surface area contributed by atoms with Gasteiger partial charge in [0.25, 0.3) is 0 Å². The first-order valence-corrected chi connectivity index (χ1v) is 11.8. The summed E-state index contributed by atoms with van der Waals surface area (Å²) in [7, 11) is 0. The van der Waals surface area contributed by atoms with Crippen LogP contribution in [-0.2, 0) is 5.75 Å². The van der Waals surface area contributed by atoms with Crippen LogP contribution in [0.15, 0.2) is 65.3 Å². The van der Waals surface area contributed by atoms with Gasteiger partial charge in [0, 0.05) is 22.9 Å². The Morgan fingerprint density at radius 3 is 2.71 bits per heavy atom. The van der Waals surface area contributed by atoms with Gasteiger partial charge in [-0.15, -0.1) is 10.2 Å². The summed E-state index contributed by atoms with van der Waals surface area (Å²) < 4.78 is 6.46. The van der Waals surface area contributed by atoms with Gasteiger partial charge in [0.1, 0.15) is 0 Å². The first-order chi connectivity index (χ1) is 15.2. The number of ether oxygens (including phenoxy) is 1. The smallest absolute Gasteiger partial charge is 0.247 e. The quantitative estimate of drug-likeness (QED) is 0.404. The lowest BCUT2D eigenvalue weighted by Gasteiger charge is -2.29. The van der Waals surface area contributed by atoms with E-state index in [-0.39, 0.29) is 6.23 Å². The molecule has 1 aliphatic carbocycles. The van der Waals surface area contributed by atoms with Gasteiger partial charge in [-0.05, 0) is 44.7 Å². The summed E-state index contributed by atoms with van der Waals surface area (Å²) in [6.45, 7) is 4.30. The number of hydrogen-bond donors (Lipinski definition) is 1. The van der Waals surface area contributed by atoms with Gasteiger partial charge in [0.15, 0.2) is 11.9 Å². The number of nitrogens with zero attached hydrogens (tertiary/aromatic N) is 3. The number of benzene rings is 2. The highest BCUT2D eigenvalue weighted by Crippen LogP contribution is 2.39. The summed E-state index contributed by atoms with van der Waals surface area (Å²) in [6, 6.07) is 16.7. The van der Waals surface area contributed by atoms with Gasteiger partial charge in [0.2, 0.25) is 11.0 Å². The highest BCUT2D eigenvalue weighted by molar-refractivity contribution is 7.98. The molecule has 6 heteroatoms. The van der Waals surface area contributed by atoms with Crippen molar-refractivity contribution in [3.63, 3.8) is 0 Å². The molecule has 1 aliphatic heterocycles. The molecule has 0 bridgehead atoms. The van der Waals surface area contributed by atoms with Crippen LogP contribution < -0.4 is 10.1 Å². The Bertz CT molecular complexity index is 1110. The molecule has 2 aromatic carbocycles. The summed E-state index contributed by atoms with van der Waals surface area (Å²) in [6.07, 6.45) is 5.41. The van der Waals surface area contributed by atoms with Gasteiger partial charge in [-0.2, -0.15) is 4.98 Å². The average molecular weight is 431 g/mol. The Balaban J connectivity index is 1.43. The van der Waals surface area contributed by atoms with Crippen LogP contribution in [0.1, 0.15) is 37.3 Å². The first kappa shape index (κ1) is 20.1. The number of nitrogens with one attached hydrogen (secondary N) is 1. The lowest BCUT2D eigenvalue weighted by atomic mass is 9.89. The minimum atomic E-state index is -0.140. The Morgan fingerprint density at radius 1 is 1.06 bits per heavy atom. The predicted octanol–water partition coefficient (Wildman–Crippen LogP) is 6.02. The maximum absolute atomic E-state index is 6.46. The van der Waals surface area contributed by atoms with Crippen molar-refractivity contribution in [1.29, 1.82) is 0 Å². The molecular formula is C25H26N4OS. The minimum Gasteiger partial charge on any atom is -0.452 e. The Kier molecular flexibility index (Phi) is 5.64. The van der Waals surface area contributed by atoms with Crippen LogP contribution in [0, 0.1) is 12.8 Å². The van der Waals surface area contributed by atoms with Crippen LogP contribution in [0.3, 0.4) is 0 Å². The molecule has 0 saturated carbocycles. The third-order valence-corrected chi connectivity index (χ3v) is 6.86. The Hall–Kier alpha value is -2.86. The summed E-state index contributed by atoms with van der Waals surface area (Å²) >= 11 is 1.58. The molecule has 0 radical (unpaired) electrons. The molecule has 2 atom stereocenters. The second kappa shape index (κ2) is 8.71. The Morgan fingerprint density at radius 2 is 1.90 bits per heavy atom. The summed E-state index contributed by atoms with van der Waals surface area (Å²) in [5.41, 5.74) is 6.67.